The van der Waals surface area contributed by atoms with E-state index in [0.717, 1.165) is 30.3 Å². The second-order valence-corrected chi connectivity index (χ2v) is 6.11. The van der Waals surface area contributed by atoms with Gasteiger partial charge in [0.1, 0.15) is 0 Å². The quantitative estimate of drug-likeness (QED) is 0.355. The van der Waals surface area contributed by atoms with Gasteiger partial charge < -0.3 is 5.11 Å². The van der Waals surface area contributed by atoms with Crippen molar-refractivity contribution in [3.63, 3.8) is 0 Å². The van der Waals surface area contributed by atoms with E-state index >= 15 is 0 Å². The Morgan fingerprint density at radius 3 is 1.47 bits per heavy atom. The standard InChI is InChI=1S/C16H12N4O10/c21-15(3-9-1-11(17(23)24)6-12(2-9)18(25)26)8-16(22)10-4-13(19(27)28)7-14(5-10)20(29)30/h1-2,4-7,15,21H,3,8H2. The van der Waals surface area contributed by atoms with Crippen LogP contribution in [0.25, 0.3) is 0 Å². The molecule has 14 heteroatoms. The van der Waals surface area contributed by atoms with Gasteiger partial charge in [-0.2, -0.15) is 0 Å². The lowest BCUT2D eigenvalue weighted by molar-refractivity contribution is -0.394. The molecule has 2 aromatic rings. The molecule has 156 valence electrons. The van der Waals surface area contributed by atoms with Crippen LogP contribution in [0.3, 0.4) is 0 Å². The van der Waals surface area contributed by atoms with E-state index in [1.54, 1.807) is 0 Å². The Morgan fingerprint density at radius 1 is 0.733 bits per heavy atom. The zero-order valence-electron chi connectivity index (χ0n) is 14.9. The minimum atomic E-state index is -1.46. The predicted octanol–water partition coefficient (Wildman–Crippen LogP) is 2.50. The van der Waals surface area contributed by atoms with Gasteiger partial charge in [-0.3, -0.25) is 45.3 Å². The van der Waals surface area contributed by atoms with Gasteiger partial charge >= 0.3 is 0 Å². The van der Waals surface area contributed by atoms with Crippen molar-refractivity contribution in [2.75, 3.05) is 0 Å². The van der Waals surface area contributed by atoms with Crippen LogP contribution in [0.15, 0.2) is 36.4 Å². The Kier molecular flexibility index (Phi) is 6.43. The Labute approximate surface area is 166 Å². The van der Waals surface area contributed by atoms with Crippen LogP contribution in [0.2, 0.25) is 0 Å². The van der Waals surface area contributed by atoms with Crippen LogP contribution in [0, 0.1) is 40.5 Å². The van der Waals surface area contributed by atoms with Gasteiger partial charge in [0.05, 0.1) is 37.9 Å². The second kappa shape index (κ2) is 8.78. The highest BCUT2D eigenvalue weighted by Crippen LogP contribution is 2.26. The molecule has 0 bridgehead atoms. The zero-order valence-corrected chi connectivity index (χ0v) is 14.9. The molecule has 0 spiro atoms. The molecule has 14 nitrogen and oxygen atoms in total. The van der Waals surface area contributed by atoms with Crippen molar-refractivity contribution in [2.24, 2.45) is 0 Å². The van der Waals surface area contributed by atoms with E-state index in [0.29, 0.717) is 6.07 Å². The topological polar surface area (TPSA) is 210 Å². The summed E-state index contributed by atoms with van der Waals surface area (Å²) in [7, 11) is 0. The fourth-order valence-electron chi connectivity index (χ4n) is 2.63. The molecule has 0 aromatic heterocycles. The number of benzene rings is 2. The van der Waals surface area contributed by atoms with E-state index in [-0.39, 0.29) is 17.5 Å². The average molecular weight is 420 g/mol. The lowest BCUT2D eigenvalue weighted by atomic mass is 9.99. The van der Waals surface area contributed by atoms with E-state index in [1.807, 2.05) is 0 Å². The summed E-state index contributed by atoms with van der Waals surface area (Å²) < 4.78 is 0. The second-order valence-electron chi connectivity index (χ2n) is 6.11. The first-order valence-electron chi connectivity index (χ1n) is 8.06. The number of carbonyl (C=O) groups excluding carboxylic acids is 1. The van der Waals surface area contributed by atoms with Crippen LogP contribution < -0.4 is 0 Å². The molecule has 0 aliphatic rings. The number of ketones is 1. The monoisotopic (exact) mass is 420 g/mol. The molecule has 2 rings (SSSR count). The van der Waals surface area contributed by atoms with E-state index in [4.69, 9.17) is 0 Å². The van der Waals surface area contributed by atoms with E-state index in [2.05, 4.69) is 0 Å². The minimum Gasteiger partial charge on any atom is -0.392 e. The molecule has 1 unspecified atom stereocenters. The number of hydrogen-bond acceptors (Lipinski definition) is 10. The molecule has 30 heavy (non-hydrogen) atoms. The lowest BCUT2D eigenvalue weighted by Gasteiger charge is -2.10. The number of aliphatic hydroxyl groups excluding tert-OH is 1. The van der Waals surface area contributed by atoms with E-state index in [1.165, 1.54) is 0 Å². The molecule has 0 amide bonds. The van der Waals surface area contributed by atoms with Crippen molar-refractivity contribution >= 4 is 28.5 Å². The van der Waals surface area contributed by atoms with Crippen molar-refractivity contribution < 1.29 is 29.6 Å². The fraction of sp³-hybridized carbons (Fsp3) is 0.188. The number of nitrogens with zero attached hydrogens (tertiary/aromatic N) is 4. The number of rotatable bonds is 9. The van der Waals surface area contributed by atoms with Crippen LogP contribution in [-0.4, -0.2) is 36.7 Å². The van der Waals surface area contributed by atoms with Crippen LogP contribution in [-0.2, 0) is 6.42 Å². The van der Waals surface area contributed by atoms with Crippen LogP contribution in [0.1, 0.15) is 22.3 Å². The highest BCUT2D eigenvalue weighted by atomic mass is 16.6. The van der Waals surface area contributed by atoms with E-state index < -0.39 is 60.8 Å². The van der Waals surface area contributed by atoms with E-state index in [9.17, 15) is 50.4 Å². The molecular formula is C16H12N4O10. The summed E-state index contributed by atoms with van der Waals surface area (Å²) >= 11 is 0. The molecule has 0 saturated heterocycles. The SMILES string of the molecule is O=C(CC(O)Cc1cc([N+](=O)[O-])cc([N+](=O)[O-])c1)c1cc([N+](=O)[O-])cc([N+](=O)[O-])c1. The van der Waals surface area contributed by atoms with Crippen LogP contribution in [0.5, 0.6) is 0 Å². The normalized spacial score (nSPS) is 11.5. The van der Waals surface area contributed by atoms with Crippen molar-refractivity contribution in [2.45, 2.75) is 18.9 Å². The van der Waals surface area contributed by atoms with Crippen molar-refractivity contribution in [1.29, 1.82) is 0 Å². The van der Waals surface area contributed by atoms with Crippen molar-refractivity contribution in [3.8, 4) is 0 Å². The Morgan fingerprint density at radius 2 is 1.10 bits per heavy atom. The number of hydrogen-bond donors (Lipinski definition) is 1. The summed E-state index contributed by atoms with van der Waals surface area (Å²) in [5, 5.41) is 53.7. The molecule has 1 N–H and O–H groups in total. The third kappa shape index (κ3) is 5.35. The van der Waals surface area contributed by atoms with Gasteiger partial charge in [-0.25, -0.2) is 0 Å². The summed E-state index contributed by atoms with van der Waals surface area (Å²) in [6.07, 6.45) is -2.46. The minimum absolute atomic E-state index is 0.0150. The lowest BCUT2D eigenvalue weighted by Crippen LogP contribution is -2.17. The molecule has 2 aromatic carbocycles. The highest BCUT2D eigenvalue weighted by Gasteiger charge is 2.23. The summed E-state index contributed by atoms with van der Waals surface area (Å²) in [5.74, 6) is -0.853. The highest BCUT2D eigenvalue weighted by molar-refractivity contribution is 5.97. The van der Waals surface area contributed by atoms with Crippen molar-refractivity contribution in [1.82, 2.24) is 0 Å². The third-order valence-corrected chi connectivity index (χ3v) is 3.92. The largest absolute Gasteiger partial charge is 0.392 e. The van der Waals surface area contributed by atoms with Crippen molar-refractivity contribution in [3.05, 3.63) is 88.0 Å². The predicted molar refractivity (Wildman–Crippen MR) is 98.2 cm³/mol. The third-order valence-electron chi connectivity index (χ3n) is 3.92. The maximum atomic E-state index is 12.3. The summed E-state index contributed by atoms with van der Waals surface area (Å²) in [6, 6.07) is 5.05. The fourth-order valence-corrected chi connectivity index (χ4v) is 2.63. The van der Waals surface area contributed by atoms with Gasteiger partial charge in [0.15, 0.2) is 5.78 Å². The first kappa shape index (κ1) is 22.0. The molecular weight excluding hydrogens is 408 g/mol. The molecule has 1 atom stereocenters. The number of Topliss-reactive ketones (excluding diaryl/α,β-unsaturated/α-hetero) is 1. The summed E-state index contributed by atoms with van der Waals surface area (Å²) in [5.41, 5.74) is -2.88. The smallest absolute Gasteiger partial charge is 0.277 e. The number of carbonyl (C=O) groups is 1. The maximum Gasteiger partial charge on any atom is 0.277 e. The van der Waals surface area contributed by atoms with Gasteiger partial charge in [-0.05, 0) is 12.0 Å². The van der Waals surface area contributed by atoms with Gasteiger partial charge in [-0.15, -0.1) is 0 Å². The number of nitro benzene ring substituents is 4. The van der Waals surface area contributed by atoms with Gasteiger partial charge in [-0.1, -0.05) is 0 Å². The molecule has 0 radical (unpaired) electrons. The van der Waals surface area contributed by atoms with Gasteiger partial charge in [0.25, 0.3) is 22.7 Å². The summed E-state index contributed by atoms with van der Waals surface area (Å²) in [4.78, 5) is 52.4. The van der Waals surface area contributed by atoms with Gasteiger partial charge in [0, 0.05) is 36.2 Å². The zero-order chi connectivity index (χ0) is 22.6. The molecule has 0 fully saturated rings. The maximum absolute atomic E-state index is 12.3. The molecule has 0 heterocycles. The van der Waals surface area contributed by atoms with Crippen LogP contribution in [0.4, 0.5) is 22.7 Å². The number of non-ortho nitro benzene ring substituents is 4. The van der Waals surface area contributed by atoms with Gasteiger partial charge in [0.2, 0.25) is 0 Å². The first-order chi connectivity index (χ1) is 14.0. The molecule has 0 aliphatic carbocycles. The Hall–Kier alpha value is -4.33. The Bertz CT molecular complexity index is 1000. The summed E-state index contributed by atoms with van der Waals surface area (Å²) in [6.45, 7) is 0. The Balaban J connectivity index is 2.25. The first-order valence-corrected chi connectivity index (χ1v) is 8.06. The number of nitro groups is 4. The van der Waals surface area contributed by atoms with Crippen LogP contribution >= 0.6 is 0 Å². The number of aliphatic hydroxyl groups is 1. The molecule has 0 saturated carbocycles. The molecule has 0 aliphatic heterocycles. The average Bonchev–Trinajstić information content (AvgIpc) is 2.66.